The van der Waals surface area contributed by atoms with Gasteiger partial charge in [0, 0.05) is 29.4 Å². The van der Waals surface area contributed by atoms with Crippen LogP contribution in [0.1, 0.15) is 15.9 Å². The Kier molecular flexibility index (Phi) is 5.78. The van der Waals surface area contributed by atoms with Gasteiger partial charge in [-0.15, -0.1) is 0 Å². The van der Waals surface area contributed by atoms with Gasteiger partial charge in [-0.2, -0.15) is 0 Å². The summed E-state index contributed by atoms with van der Waals surface area (Å²) in [6.45, 7) is 1.77. The van der Waals surface area contributed by atoms with E-state index in [4.69, 9.17) is 9.47 Å². The van der Waals surface area contributed by atoms with E-state index >= 15 is 0 Å². The number of carbonyl (C=O) groups excluding carboxylic acids is 2. The van der Waals surface area contributed by atoms with Crippen molar-refractivity contribution < 1.29 is 19.1 Å². The first-order valence-corrected chi connectivity index (χ1v) is 7.39. The molecule has 6 nitrogen and oxygen atoms in total. The molecule has 24 heavy (non-hydrogen) atoms. The van der Waals surface area contributed by atoms with Crippen LogP contribution < -0.4 is 20.1 Å². The lowest BCUT2D eigenvalue weighted by Crippen LogP contribution is -2.32. The maximum atomic E-state index is 12.0. The average molecular weight is 328 g/mol. The summed E-state index contributed by atoms with van der Waals surface area (Å²) in [6, 6.07) is 12.2. The van der Waals surface area contributed by atoms with Crippen LogP contribution in [0.3, 0.4) is 0 Å². The first-order chi connectivity index (χ1) is 11.5. The van der Waals surface area contributed by atoms with Crippen LogP contribution in [-0.2, 0) is 4.79 Å². The first-order valence-electron chi connectivity index (χ1n) is 7.39. The summed E-state index contributed by atoms with van der Waals surface area (Å²) in [5.74, 6) is 0.491. The summed E-state index contributed by atoms with van der Waals surface area (Å²) in [5.41, 5.74) is 2.03. The second kappa shape index (κ2) is 8.01. The molecule has 0 aromatic heterocycles. The minimum absolute atomic E-state index is 0.133. The topological polar surface area (TPSA) is 76.7 Å². The fourth-order valence-electron chi connectivity index (χ4n) is 2.13. The van der Waals surface area contributed by atoms with E-state index in [9.17, 15) is 9.59 Å². The number of ether oxygens (including phenoxy) is 2. The highest BCUT2D eigenvalue weighted by atomic mass is 16.5. The van der Waals surface area contributed by atoms with Gasteiger partial charge in [-0.3, -0.25) is 9.59 Å². The van der Waals surface area contributed by atoms with E-state index in [1.54, 1.807) is 36.4 Å². The van der Waals surface area contributed by atoms with E-state index in [2.05, 4.69) is 10.6 Å². The second-order valence-electron chi connectivity index (χ2n) is 5.20. The van der Waals surface area contributed by atoms with E-state index in [0.29, 0.717) is 22.7 Å². The summed E-state index contributed by atoms with van der Waals surface area (Å²) in [5, 5.41) is 5.29. The predicted octanol–water partition coefficient (Wildman–Crippen LogP) is 2.38. The van der Waals surface area contributed by atoms with E-state index in [0.717, 1.165) is 5.56 Å². The first kappa shape index (κ1) is 17.3. The number of hydrogen-bond acceptors (Lipinski definition) is 4. The van der Waals surface area contributed by atoms with Crippen molar-refractivity contribution in [3.63, 3.8) is 0 Å². The largest absolute Gasteiger partial charge is 0.497 e. The fourth-order valence-corrected chi connectivity index (χ4v) is 2.13. The van der Waals surface area contributed by atoms with Gasteiger partial charge in [0.15, 0.2) is 0 Å². The van der Waals surface area contributed by atoms with Gasteiger partial charge in [-0.25, -0.2) is 0 Å². The summed E-state index contributed by atoms with van der Waals surface area (Å²) in [6.07, 6.45) is 0. The number of carbonyl (C=O) groups is 2. The molecule has 0 saturated carbocycles. The van der Waals surface area contributed by atoms with E-state index in [1.807, 2.05) is 13.0 Å². The van der Waals surface area contributed by atoms with E-state index in [-0.39, 0.29) is 18.4 Å². The predicted molar refractivity (Wildman–Crippen MR) is 91.7 cm³/mol. The van der Waals surface area contributed by atoms with Gasteiger partial charge in [0.1, 0.15) is 11.5 Å². The van der Waals surface area contributed by atoms with Gasteiger partial charge < -0.3 is 20.1 Å². The molecule has 0 bridgehead atoms. The van der Waals surface area contributed by atoms with Crippen LogP contribution in [0.25, 0.3) is 0 Å². The van der Waals surface area contributed by atoms with Crippen LogP contribution in [0.5, 0.6) is 11.5 Å². The lowest BCUT2D eigenvalue weighted by Gasteiger charge is -2.10. The number of nitrogens with one attached hydrogen (secondary N) is 2. The number of benzene rings is 2. The Hall–Kier alpha value is -3.02. The van der Waals surface area contributed by atoms with Crippen molar-refractivity contribution in [3.05, 3.63) is 53.6 Å². The van der Waals surface area contributed by atoms with Crippen molar-refractivity contribution in [2.45, 2.75) is 6.92 Å². The molecule has 0 aliphatic heterocycles. The number of amides is 2. The Labute approximate surface area is 140 Å². The zero-order valence-corrected chi connectivity index (χ0v) is 13.9. The summed E-state index contributed by atoms with van der Waals surface area (Å²) in [4.78, 5) is 24.0. The van der Waals surface area contributed by atoms with Gasteiger partial charge in [0.05, 0.1) is 20.8 Å². The molecule has 6 heteroatoms. The van der Waals surface area contributed by atoms with Crippen molar-refractivity contribution >= 4 is 17.5 Å². The lowest BCUT2D eigenvalue weighted by atomic mass is 10.1. The molecule has 0 unspecified atom stereocenters. The smallest absolute Gasteiger partial charge is 0.251 e. The number of rotatable bonds is 6. The molecule has 0 fully saturated rings. The minimum Gasteiger partial charge on any atom is -0.497 e. The normalized spacial score (nSPS) is 9.96. The Balaban J connectivity index is 1.95. The Morgan fingerprint density at radius 1 is 1.00 bits per heavy atom. The highest BCUT2D eigenvalue weighted by molar-refractivity contribution is 5.99. The molecule has 0 heterocycles. The molecule has 0 radical (unpaired) electrons. The Morgan fingerprint density at radius 3 is 2.25 bits per heavy atom. The van der Waals surface area contributed by atoms with Crippen LogP contribution in [0, 0.1) is 6.92 Å². The van der Waals surface area contributed by atoms with Crippen LogP contribution in [0.2, 0.25) is 0 Å². The SMILES string of the molecule is COc1cc(NC(=O)CNC(=O)c2cccc(C)c2)cc(OC)c1. The van der Waals surface area contributed by atoms with Crippen molar-refractivity contribution in [3.8, 4) is 11.5 Å². The Morgan fingerprint density at radius 2 is 1.67 bits per heavy atom. The zero-order chi connectivity index (χ0) is 17.5. The summed E-state index contributed by atoms with van der Waals surface area (Å²) < 4.78 is 10.3. The van der Waals surface area contributed by atoms with Crippen molar-refractivity contribution in [2.24, 2.45) is 0 Å². The van der Waals surface area contributed by atoms with Crippen LogP contribution in [-0.4, -0.2) is 32.6 Å². The molecular formula is C18H20N2O4. The minimum atomic E-state index is -0.341. The summed E-state index contributed by atoms with van der Waals surface area (Å²) >= 11 is 0. The summed E-state index contributed by atoms with van der Waals surface area (Å²) in [7, 11) is 3.06. The molecule has 0 saturated heterocycles. The molecule has 2 N–H and O–H groups in total. The molecule has 2 amide bonds. The third kappa shape index (κ3) is 4.74. The Bertz CT molecular complexity index is 721. The number of hydrogen-bond donors (Lipinski definition) is 2. The molecule has 0 aliphatic carbocycles. The van der Waals surface area contributed by atoms with Crippen LogP contribution in [0.15, 0.2) is 42.5 Å². The maximum absolute atomic E-state index is 12.0. The molecule has 2 aromatic rings. The molecule has 0 aliphatic rings. The van der Waals surface area contributed by atoms with Crippen molar-refractivity contribution in [2.75, 3.05) is 26.1 Å². The monoisotopic (exact) mass is 328 g/mol. The third-order valence-corrected chi connectivity index (χ3v) is 3.32. The van der Waals surface area contributed by atoms with Gasteiger partial charge in [0.2, 0.25) is 5.91 Å². The molecule has 0 atom stereocenters. The van der Waals surface area contributed by atoms with Crippen LogP contribution >= 0.6 is 0 Å². The molecule has 0 spiro atoms. The van der Waals surface area contributed by atoms with Gasteiger partial charge in [-0.1, -0.05) is 17.7 Å². The molecular weight excluding hydrogens is 308 g/mol. The van der Waals surface area contributed by atoms with Crippen molar-refractivity contribution in [1.82, 2.24) is 5.32 Å². The highest BCUT2D eigenvalue weighted by Crippen LogP contribution is 2.25. The maximum Gasteiger partial charge on any atom is 0.251 e. The quantitative estimate of drug-likeness (QED) is 0.853. The fraction of sp³-hybridized carbons (Fsp3) is 0.222. The number of anilines is 1. The average Bonchev–Trinajstić information content (AvgIpc) is 2.59. The van der Waals surface area contributed by atoms with Gasteiger partial charge in [0.25, 0.3) is 5.91 Å². The van der Waals surface area contributed by atoms with E-state index in [1.165, 1.54) is 14.2 Å². The molecule has 2 aromatic carbocycles. The van der Waals surface area contributed by atoms with Gasteiger partial charge in [-0.05, 0) is 19.1 Å². The number of methoxy groups -OCH3 is 2. The third-order valence-electron chi connectivity index (χ3n) is 3.32. The van der Waals surface area contributed by atoms with Crippen molar-refractivity contribution in [1.29, 1.82) is 0 Å². The highest BCUT2D eigenvalue weighted by Gasteiger charge is 2.09. The standard InChI is InChI=1S/C18H20N2O4/c1-12-5-4-6-13(7-12)18(22)19-11-17(21)20-14-8-15(23-2)10-16(9-14)24-3/h4-10H,11H2,1-3H3,(H,19,22)(H,20,21). The second-order valence-corrected chi connectivity index (χ2v) is 5.20. The molecule has 126 valence electrons. The number of aryl methyl sites for hydroxylation is 1. The van der Waals surface area contributed by atoms with Gasteiger partial charge >= 0.3 is 0 Å². The van der Waals surface area contributed by atoms with E-state index < -0.39 is 0 Å². The molecule has 2 rings (SSSR count). The van der Waals surface area contributed by atoms with Crippen LogP contribution in [0.4, 0.5) is 5.69 Å². The zero-order valence-electron chi connectivity index (χ0n) is 13.9. The lowest BCUT2D eigenvalue weighted by molar-refractivity contribution is -0.115.